The summed E-state index contributed by atoms with van der Waals surface area (Å²) in [5.74, 6) is -0.563. The molecule has 5 nitrogen and oxygen atoms in total. The molecule has 2 aliphatic rings. The third kappa shape index (κ3) is 3.76. The Kier molecular flexibility index (Phi) is 4.69. The molecule has 4 rings (SSSR count). The number of piperidine rings is 1. The van der Waals surface area contributed by atoms with Crippen LogP contribution in [0.4, 0.5) is 18.9 Å². The van der Waals surface area contributed by atoms with Crippen LogP contribution in [-0.2, 0) is 6.18 Å². The zero-order chi connectivity index (χ0) is 20.8. The monoisotopic (exact) mass is 423 g/mol. The Labute approximate surface area is 169 Å². The number of carbonyl (C=O) groups excluding carboxylic acids is 2. The van der Waals surface area contributed by atoms with Crippen molar-refractivity contribution >= 4 is 29.1 Å². The maximum absolute atomic E-state index is 12.7. The van der Waals surface area contributed by atoms with Crippen LogP contribution < -0.4 is 10.6 Å². The molecule has 1 saturated heterocycles. The number of halogens is 4. The minimum Gasteiger partial charge on any atom is -0.362 e. The molecular formula is C20H17ClF3N3O2. The summed E-state index contributed by atoms with van der Waals surface area (Å²) in [7, 11) is 0. The first kappa shape index (κ1) is 19.6. The molecule has 2 heterocycles. The number of likely N-dealkylation sites (tertiary alicyclic amines) is 1. The van der Waals surface area contributed by atoms with E-state index in [0.29, 0.717) is 42.2 Å². The SMILES string of the molecule is O=C1NC2(CCN(C(=O)c3ccc(C(F)(F)F)cc3)CC2)Nc2ccc(Cl)cc21. The Balaban J connectivity index is 1.45. The molecule has 0 atom stereocenters. The van der Waals surface area contributed by atoms with E-state index in [2.05, 4.69) is 10.6 Å². The lowest BCUT2D eigenvalue weighted by molar-refractivity contribution is -0.137. The molecule has 2 aromatic carbocycles. The molecule has 29 heavy (non-hydrogen) atoms. The van der Waals surface area contributed by atoms with Crippen molar-refractivity contribution in [2.45, 2.75) is 24.7 Å². The maximum atomic E-state index is 12.7. The highest BCUT2D eigenvalue weighted by molar-refractivity contribution is 6.31. The van der Waals surface area contributed by atoms with E-state index in [9.17, 15) is 22.8 Å². The zero-order valence-corrected chi connectivity index (χ0v) is 15.9. The Bertz CT molecular complexity index is 968. The van der Waals surface area contributed by atoms with Crippen LogP contribution in [0, 0.1) is 0 Å². The molecule has 2 aromatic rings. The number of amides is 2. The third-order valence-electron chi connectivity index (χ3n) is 5.32. The van der Waals surface area contributed by atoms with Crippen molar-refractivity contribution in [1.29, 1.82) is 0 Å². The molecule has 0 radical (unpaired) electrons. The van der Waals surface area contributed by atoms with Crippen molar-refractivity contribution < 1.29 is 22.8 Å². The fourth-order valence-electron chi connectivity index (χ4n) is 3.71. The van der Waals surface area contributed by atoms with Crippen molar-refractivity contribution in [3.8, 4) is 0 Å². The van der Waals surface area contributed by atoms with Crippen LogP contribution in [0.1, 0.15) is 39.1 Å². The number of nitrogens with one attached hydrogen (secondary N) is 2. The highest BCUT2D eigenvalue weighted by atomic mass is 35.5. The quantitative estimate of drug-likeness (QED) is 0.724. The largest absolute Gasteiger partial charge is 0.416 e. The van der Waals surface area contributed by atoms with Gasteiger partial charge in [-0.05, 0) is 42.5 Å². The van der Waals surface area contributed by atoms with Gasteiger partial charge < -0.3 is 15.5 Å². The van der Waals surface area contributed by atoms with E-state index in [0.717, 1.165) is 12.1 Å². The van der Waals surface area contributed by atoms with E-state index in [-0.39, 0.29) is 17.4 Å². The van der Waals surface area contributed by atoms with E-state index >= 15 is 0 Å². The maximum Gasteiger partial charge on any atom is 0.416 e. The molecule has 0 aliphatic carbocycles. The summed E-state index contributed by atoms with van der Waals surface area (Å²) in [4.78, 5) is 26.7. The van der Waals surface area contributed by atoms with Gasteiger partial charge in [-0.1, -0.05) is 11.6 Å². The Hall–Kier alpha value is -2.74. The summed E-state index contributed by atoms with van der Waals surface area (Å²) in [6.45, 7) is 0.714. The van der Waals surface area contributed by atoms with Crippen molar-refractivity contribution in [3.63, 3.8) is 0 Å². The topological polar surface area (TPSA) is 61.4 Å². The lowest BCUT2D eigenvalue weighted by atomic mass is 9.92. The summed E-state index contributed by atoms with van der Waals surface area (Å²) in [6.07, 6.45) is -3.51. The van der Waals surface area contributed by atoms with Crippen LogP contribution in [0.5, 0.6) is 0 Å². The van der Waals surface area contributed by atoms with Crippen LogP contribution in [0.3, 0.4) is 0 Å². The van der Waals surface area contributed by atoms with E-state index < -0.39 is 17.4 Å². The number of alkyl halides is 3. The Morgan fingerprint density at radius 1 is 1.03 bits per heavy atom. The molecule has 152 valence electrons. The highest BCUT2D eigenvalue weighted by Crippen LogP contribution is 2.33. The molecular weight excluding hydrogens is 407 g/mol. The zero-order valence-electron chi connectivity index (χ0n) is 15.1. The molecule has 2 aliphatic heterocycles. The average molecular weight is 424 g/mol. The molecule has 9 heteroatoms. The second kappa shape index (κ2) is 6.95. The van der Waals surface area contributed by atoms with Gasteiger partial charge in [0.15, 0.2) is 0 Å². The van der Waals surface area contributed by atoms with Gasteiger partial charge >= 0.3 is 6.18 Å². The third-order valence-corrected chi connectivity index (χ3v) is 5.55. The number of hydrogen-bond donors (Lipinski definition) is 2. The summed E-state index contributed by atoms with van der Waals surface area (Å²) in [5.41, 5.74) is -0.115. The number of rotatable bonds is 1. The van der Waals surface area contributed by atoms with Gasteiger partial charge in [0, 0.05) is 42.2 Å². The van der Waals surface area contributed by atoms with Crippen LogP contribution in [0.2, 0.25) is 5.02 Å². The standard InChI is InChI=1S/C20H17ClF3N3O2/c21-14-5-6-16-15(11-14)17(28)26-19(25-16)7-9-27(10-8-19)18(29)12-1-3-13(4-2-12)20(22,23)24/h1-6,11,25H,7-10H2,(H,26,28). The molecule has 0 unspecified atom stereocenters. The number of hydrogen-bond acceptors (Lipinski definition) is 3. The number of nitrogens with zero attached hydrogens (tertiary/aromatic N) is 1. The van der Waals surface area contributed by atoms with E-state index in [1.807, 2.05) is 0 Å². The molecule has 1 fully saturated rings. The second-order valence-electron chi connectivity index (χ2n) is 7.22. The summed E-state index contributed by atoms with van der Waals surface area (Å²) in [6, 6.07) is 9.23. The fraction of sp³-hybridized carbons (Fsp3) is 0.300. The van der Waals surface area contributed by atoms with Gasteiger partial charge in [0.25, 0.3) is 11.8 Å². The van der Waals surface area contributed by atoms with Gasteiger partial charge in [-0.3, -0.25) is 9.59 Å². The number of anilines is 1. The first-order valence-electron chi connectivity index (χ1n) is 9.04. The predicted molar refractivity (Wildman–Crippen MR) is 102 cm³/mol. The van der Waals surface area contributed by atoms with Crippen LogP contribution in [0.15, 0.2) is 42.5 Å². The van der Waals surface area contributed by atoms with Gasteiger partial charge in [-0.15, -0.1) is 0 Å². The highest BCUT2D eigenvalue weighted by Gasteiger charge is 2.41. The van der Waals surface area contributed by atoms with Crippen molar-refractivity contribution in [2.75, 3.05) is 18.4 Å². The van der Waals surface area contributed by atoms with Crippen molar-refractivity contribution in [3.05, 3.63) is 64.2 Å². The number of benzene rings is 2. The fourth-order valence-corrected chi connectivity index (χ4v) is 3.89. The van der Waals surface area contributed by atoms with Gasteiger partial charge in [-0.2, -0.15) is 13.2 Å². The lowest BCUT2D eigenvalue weighted by Gasteiger charge is -2.46. The van der Waals surface area contributed by atoms with E-state index in [4.69, 9.17) is 11.6 Å². The minimum absolute atomic E-state index is 0.203. The molecule has 2 N–H and O–H groups in total. The summed E-state index contributed by atoms with van der Waals surface area (Å²) in [5, 5.41) is 6.77. The van der Waals surface area contributed by atoms with Gasteiger partial charge in [0.1, 0.15) is 5.66 Å². The number of carbonyl (C=O) groups is 2. The van der Waals surface area contributed by atoms with Crippen LogP contribution in [0.25, 0.3) is 0 Å². The van der Waals surface area contributed by atoms with Gasteiger partial charge in [0.05, 0.1) is 11.1 Å². The molecule has 0 bridgehead atoms. The Morgan fingerprint density at radius 2 is 1.69 bits per heavy atom. The summed E-state index contributed by atoms with van der Waals surface area (Å²) >= 11 is 5.95. The normalized spacial score (nSPS) is 18.1. The van der Waals surface area contributed by atoms with Gasteiger partial charge in [0.2, 0.25) is 0 Å². The predicted octanol–water partition coefficient (Wildman–Crippen LogP) is 4.15. The van der Waals surface area contributed by atoms with E-state index in [1.165, 1.54) is 12.1 Å². The van der Waals surface area contributed by atoms with Crippen molar-refractivity contribution in [2.24, 2.45) is 0 Å². The molecule has 0 saturated carbocycles. The van der Waals surface area contributed by atoms with Crippen LogP contribution in [-0.4, -0.2) is 35.5 Å². The van der Waals surface area contributed by atoms with Crippen molar-refractivity contribution in [1.82, 2.24) is 10.2 Å². The molecule has 2 amide bonds. The summed E-state index contributed by atoms with van der Waals surface area (Å²) < 4.78 is 38.1. The van der Waals surface area contributed by atoms with Gasteiger partial charge in [-0.25, -0.2) is 0 Å². The second-order valence-corrected chi connectivity index (χ2v) is 7.65. The molecule has 1 spiro atoms. The first-order valence-corrected chi connectivity index (χ1v) is 9.41. The van der Waals surface area contributed by atoms with Crippen LogP contribution >= 0.6 is 11.6 Å². The molecule has 0 aromatic heterocycles. The Morgan fingerprint density at radius 3 is 2.31 bits per heavy atom. The first-order chi connectivity index (χ1) is 13.7. The lowest BCUT2D eigenvalue weighted by Crippen LogP contribution is -2.62. The van der Waals surface area contributed by atoms with E-state index in [1.54, 1.807) is 23.1 Å². The smallest absolute Gasteiger partial charge is 0.362 e. The average Bonchev–Trinajstić information content (AvgIpc) is 2.68. The number of fused-ring (bicyclic) bond motifs is 1. The minimum atomic E-state index is -4.44.